The van der Waals surface area contributed by atoms with Crippen LogP contribution in [0.1, 0.15) is 25.7 Å². The highest BCUT2D eigenvalue weighted by Gasteiger charge is 2.40. The van der Waals surface area contributed by atoms with Gasteiger partial charge in [0.25, 0.3) is 0 Å². The summed E-state index contributed by atoms with van der Waals surface area (Å²) in [5.74, 6) is 0.828. The summed E-state index contributed by atoms with van der Waals surface area (Å²) in [5, 5.41) is 14.3. The fourth-order valence-electron chi connectivity index (χ4n) is 1.93. The van der Waals surface area contributed by atoms with E-state index in [1.807, 2.05) is 6.08 Å². The number of hydrogen-bond acceptors (Lipinski definition) is 3. The third-order valence-corrected chi connectivity index (χ3v) is 3.91. The first-order chi connectivity index (χ1) is 8.58. The highest BCUT2D eigenvalue weighted by molar-refractivity contribution is 7.99. The van der Waals surface area contributed by atoms with Crippen LogP contribution < -0.4 is 10.6 Å². The van der Waals surface area contributed by atoms with Crippen LogP contribution >= 0.6 is 11.8 Å². The molecule has 2 amide bonds. The van der Waals surface area contributed by atoms with E-state index >= 15 is 0 Å². The van der Waals surface area contributed by atoms with Gasteiger partial charge in [0.1, 0.15) is 0 Å². The summed E-state index contributed by atoms with van der Waals surface area (Å²) in [6.07, 6.45) is 4.30. The Morgan fingerprint density at radius 3 is 2.67 bits per heavy atom. The first kappa shape index (κ1) is 14.9. The predicted octanol–water partition coefficient (Wildman–Crippen LogP) is 1.60. The van der Waals surface area contributed by atoms with Gasteiger partial charge in [0.2, 0.25) is 0 Å². The minimum absolute atomic E-state index is 0.00559. The number of carbonyl (C=O) groups is 2. The molecule has 0 aliphatic heterocycles. The molecule has 0 heterocycles. The second-order valence-corrected chi connectivity index (χ2v) is 5.60. The van der Waals surface area contributed by atoms with Gasteiger partial charge in [-0.05, 0) is 19.3 Å². The second kappa shape index (κ2) is 7.31. The van der Waals surface area contributed by atoms with Gasteiger partial charge in [-0.2, -0.15) is 11.8 Å². The summed E-state index contributed by atoms with van der Waals surface area (Å²) in [4.78, 5) is 22.4. The zero-order valence-corrected chi connectivity index (χ0v) is 11.2. The van der Waals surface area contributed by atoms with Crippen LogP contribution in [0.15, 0.2) is 12.7 Å². The summed E-state index contributed by atoms with van der Waals surface area (Å²) in [6, 6.07) is -0.268. The van der Waals surface area contributed by atoms with Gasteiger partial charge in [-0.25, -0.2) is 4.79 Å². The Morgan fingerprint density at radius 2 is 2.17 bits per heavy atom. The maximum absolute atomic E-state index is 11.6. The molecule has 0 atom stereocenters. The van der Waals surface area contributed by atoms with Crippen molar-refractivity contribution in [2.24, 2.45) is 0 Å². The van der Waals surface area contributed by atoms with Crippen LogP contribution in [-0.4, -0.2) is 40.7 Å². The smallest absolute Gasteiger partial charge is 0.315 e. The van der Waals surface area contributed by atoms with Crippen LogP contribution in [0.4, 0.5) is 4.79 Å². The summed E-state index contributed by atoms with van der Waals surface area (Å²) >= 11 is 1.69. The van der Waals surface area contributed by atoms with Crippen molar-refractivity contribution in [1.82, 2.24) is 10.6 Å². The molecule has 0 radical (unpaired) electrons. The molecule has 5 nitrogen and oxygen atoms in total. The van der Waals surface area contributed by atoms with E-state index in [9.17, 15) is 9.59 Å². The Hall–Kier alpha value is -1.17. The van der Waals surface area contributed by atoms with E-state index in [-0.39, 0.29) is 12.5 Å². The molecule has 102 valence electrons. The third-order valence-electron chi connectivity index (χ3n) is 2.95. The maximum atomic E-state index is 11.6. The molecule has 1 aliphatic carbocycles. The van der Waals surface area contributed by atoms with E-state index in [2.05, 4.69) is 17.2 Å². The van der Waals surface area contributed by atoms with Crippen molar-refractivity contribution in [2.45, 2.75) is 31.2 Å². The summed E-state index contributed by atoms with van der Waals surface area (Å²) in [6.45, 7) is 4.19. The van der Waals surface area contributed by atoms with Crippen molar-refractivity contribution >= 4 is 23.8 Å². The molecule has 0 aromatic rings. The molecular weight excluding hydrogens is 252 g/mol. The Bertz CT molecular complexity index is 316. The molecule has 1 aliphatic rings. The van der Waals surface area contributed by atoms with E-state index in [1.165, 1.54) is 0 Å². The van der Waals surface area contributed by atoms with Crippen molar-refractivity contribution in [3.05, 3.63) is 12.7 Å². The van der Waals surface area contributed by atoms with E-state index in [0.29, 0.717) is 6.54 Å². The SMILES string of the molecule is C=CCSCCNC(=O)NC1(CC(=O)O)CCC1. The summed E-state index contributed by atoms with van der Waals surface area (Å²) in [7, 11) is 0. The molecule has 1 fully saturated rings. The summed E-state index contributed by atoms with van der Waals surface area (Å²) in [5.41, 5.74) is -0.524. The average Bonchev–Trinajstić information content (AvgIpc) is 2.25. The molecule has 0 aromatic heterocycles. The number of urea groups is 1. The van der Waals surface area contributed by atoms with Gasteiger partial charge in [-0.3, -0.25) is 4.79 Å². The summed E-state index contributed by atoms with van der Waals surface area (Å²) < 4.78 is 0. The zero-order chi connectivity index (χ0) is 13.4. The average molecular weight is 272 g/mol. The molecule has 3 N–H and O–H groups in total. The predicted molar refractivity (Wildman–Crippen MR) is 72.9 cm³/mol. The Kier molecular flexibility index (Phi) is 6.04. The van der Waals surface area contributed by atoms with Crippen LogP contribution in [0.25, 0.3) is 0 Å². The Labute approximate surface area is 111 Å². The van der Waals surface area contributed by atoms with Crippen molar-refractivity contribution in [3.8, 4) is 0 Å². The van der Waals surface area contributed by atoms with Crippen LogP contribution in [0.2, 0.25) is 0 Å². The van der Waals surface area contributed by atoms with Crippen LogP contribution in [-0.2, 0) is 4.79 Å². The van der Waals surface area contributed by atoms with Crippen LogP contribution in [0, 0.1) is 0 Å². The van der Waals surface area contributed by atoms with Crippen molar-refractivity contribution in [3.63, 3.8) is 0 Å². The first-order valence-electron chi connectivity index (χ1n) is 6.04. The number of carbonyl (C=O) groups excluding carboxylic acids is 1. The van der Waals surface area contributed by atoms with Gasteiger partial charge in [0.15, 0.2) is 0 Å². The standard InChI is InChI=1S/C12H20N2O3S/c1-2-7-18-8-6-13-11(17)14-12(4-3-5-12)9-10(15)16/h2H,1,3-9H2,(H,15,16)(H2,13,14,17). The lowest BCUT2D eigenvalue weighted by Gasteiger charge is -2.41. The molecule has 18 heavy (non-hydrogen) atoms. The van der Waals surface area contributed by atoms with Gasteiger partial charge >= 0.3 is 12.0 Å². The normalized spacial score (nSPS) is 16.4. The third kappa shape index (κ3) is 5.00. The Morgan fingerprint density at radius 1 is 1.44 bits per heavy atom. The van der Waals surface area contributed by atoms with Gasteiger partial charge in [0.05, 0.1) is 12.0 Å². The van der Waals surface area contributed by atoms with Gasteiger partial charge in [-0.15, -0.1) is 6.58 Å². The van der Waals surface area contributed by atoms with E-state index in [4.69, 9.17) is 5.11 Å². The largest absolute Gasteiger partial charge is 0.481 e. The maximum Gasteiger partial charge on any atom is 0.315 e. The number of hydrogen-bond donors (Lipinski definition) is 3. The topological polar surface area (TPSA) is 78.4 Å². The van der Waals surface area contributed by atoms with E-state index in [0.717, 1.165) is 30.8 Å². The number of nitrogens with one attached hydrogen (secondary N) is 2. The fraction of sp³-hybridized carbons (Fsp3) is 0.667. The van der Waals surface area contributed by atoms with E-state index < -0.39 is 11.5 Å². The molecule has 1 rings (SSSR count). The van der Waals surface area contributed by atoms with Crippen LogP contribution in [0.3, 0.4) is 0 Å². The zero-order valence-electron chi connectivity index (χ0n) is 10.4. The molecule has 1 saturated carbocycles. The molecular formula is C12H20N2O3S. The number of carboxylic acid groups (broad SMARTS) is 1. The van der Waals surface area contributed by atoms with Crippen molar-refractivity contribution in [2.75, 3.05) is 18.1 Å². The molecule has 0 bridgehead atoms. The molecule has 6 heteroatoms. The van der Waals surface area contributed by atoms with Crippen molar-refractivity contribution in [1.29, 1.82) is 0 Å². The number of rotatable bonds is 8. The lowest BCUT2D eigenvalue weighted by Crippen LogP contribution is -2.57. The highest BCUT2D eigenvalue weighted by Crippen LogP contribution is 2.34. The number of amides is 2. The number of aliphatic carboxylic acids is 1. The first-order valence-corrected chi connectivity index (χ1v) is 7.20. The van der Waals surface area contributed by atoms with Gasteiger partial charge in [0, 0.05) is 18.1 Å². The lowest BCUT2D eigenvalue weighted by atomic mass is 9.74. The fourth-order valence-corrected chi connectivity index (χ4v) is 2.51. The quantitative estimate of drug-likeness (QED) is 0.463. The number of thioether (sulfide) groups is 1. The minimum atomic E-state index is -0.864. The molecule has 0 spiro atoms. The Balaban J connectivity index is 2.21. The molecule has 0 unspecified atom stereocenters. The monoisotopic (exact) mass is 272 g/mol. The number of carboxylic acids is 1. The molecule has 0 saturated heterocycles. The van der Waals surface area contributed by atoms with E-state index in [1.54, 1.807) is 11.8 Å². The minimum Gasteiger partial charge on any atom is -0.481 e. The van der Waals surface area contributed by atoms with Crippen molar-refractivity contribution < 1.29 is 14.7 Å². The lowest BCUT2D eigenvalue weighted by molar-refractivity contribution is -0.139. The highest BCUT2D eigenvalue weighted by atomic mass is 32.2. The van der Waals surface area contributed by atoms with Gasteiger partial charge in [-0.1, -0.05) is 6.08 Å². The van der Waals surface area contributed by atoms with Gasteiger partial charge < -0.3 is 15.7 Å². The molecule has 0 aromatic carbocycles. The second-order valence-electron chi connectivity index (χ2n) is 4.45. The van der Waals surface area contributed by atoms with Crippen LogP contribution in [0.5, 0.6) is 0 Å².